The molecule has 2 aromatic rings. The lowest BCUT2D eigenvalue weighted by atomic mass is 9.95. The van der Waals surface area contributed by atoms with Gasteiger partial charge in [-0.1, -0.05) is 32.4 Å². The Morgan fingerprint density at radius 2 is 1.84 bits per heavy atom. The Morgan fingerprint density at radius 3 is 2.42 bits per heavy atom. The molecule has 0 N–H and O–H groups in total. The average Bonchev–Trinajstić information content (AvgIpc) is 2.26. The Morgan fingerprint density at radius 1 is 1.16 bits per heavy atom. The van der Waals surface area contributed by atoms with Gasteiger partial charge in [0.15, 0.2) is 0 Å². The van der Waals surface area contributed by atoms with Crippen LogP contribution in [0.2, 0.25) is 5.02 Å². The van der Waals surface area contributed by atoms with Gasteiger partial charge in [0.2, 0.25) is 0 Å². The third kappa shape index (κ3) is 3.31. The molecule has 5 heteroatoms. The summed E-state index contributed by atoms with van der Waals surface area (Å²) in [6.45, 7) is 6.10. The SMILES string of the molecule is CC(C)(C)c1nc(Br)cc(-c2ccc(F)cc2Cl)n1. The predicted octanol–water partition coefficient (Wildman–Crippen LogP) is 5.00. The number of benzene rings is 1. The fraction of sp³-hybridized carbons (Fsp3) is 0.286. The fourth-order valence-corrected chi connectivity index (χ4v) is 2.24. The zero-order valence-electron chi connectivity index (χ0n) is 10.8. The van der Waals surface area contributed by atoms with Crippen LogP contribution < -0.4 is 0 Å². The molecule has 0 saturated carbocycles. The highest BCUT2D eigenvalue weighted by atomic mass is 79.9. The second-order valence-electron chi connectivity index (χ2n) is 5.27. The molecule has 1 aromatic carbocycles. The topological polar surface area (TPSA) is 25.8 Å². The van der Waals surface area contributed by atoms with Crippen molar-refractivity contribution >= 4 is 27.5 Å². The minimum absolute atomic E-state index is 0.176. The molecule has 19 heavy (non-hydrogen) atoms. The summed E-state index contributed by atoms with van der Waals surface area (Å²) in [7, 11) is 0. The van der Waals surface area contributed by atoms with Crippen molar-refractivity contribution in [3.63, 3.8) is 0 Å². The van der Waals surface area contributed by atoms with E-state index in [1.807, 2.05) is 20.8 Å². The molecule has 100 valence electrons. The summed E-state index contributed by atoms with van der Waals surface area (Å²) >= 11 is 9.44. The van der Waals surface area contributed by atoms with E-state index >= 15 is 0 Å². The van der Waals surface area contributed by atoms with Gasteiger partial charge in [-0.25, -0.2) is 14.4 Å². The summed E-state index contributed by atoms with van der Waals surface area (Å²) in [5.74, 6) is 0.343. The van der Waals surface area contributed by atoms with Crippen molar-refractivity contribution in [1.29, 1.82) is 0 Å². The minimum Gasteiger partial charge on any atom is -0.232 e. The van der Waals surface area contributed by atoms with Crippen molar-refractivity contribution in [2.45, 2.75) is 26.2 Å². The zero-order valence-corrected chi connectivity index (χ0v) is 13.2. The fourth-order valence-electron chi connectivity index (χ4n) is 1.59. The van der Waals surface area contributed by atoms with Gasteiger partial charge in [-0.15, -0.1) is 0 Å². The van der Waals surface area contributed by atoms with E-state index in [9.17, 15) is 4.39 Å². The second kappa shape index (κ2) is 5.17. The van der Waals surface area contributed by atoms with Crippen LogP contribution in [0.3, 0.4) is 0 Å². The normalized spacial score (nSPS) is 11.7. The van der Waals surface area contributed by atoms with E-state index in [0.29, 0.717) is 26.7 Å². The van der Waals surface area contributed by atoms with Gasteiger partial charge in [-0.3, -0.25) is 0 Å². The van der Waals surface area contributed by atoms with Crippen LogP contribution in [0.15, 0.2) is 28.9 Å². The first-order valence-electron chi connectivity index (χ1n) is 5.78. The molecular formula is C14H13BrClFN2. The molecular weight excluding hydrogens is 331 g/mol. The maximum absolute atomic E-state index is 13.1. The quantitative estimate of drug-likeness (QED) is 0.681. The standard InChI is InChI=1S/C14H13BrClFN2/c1-14(2,3)13-18-11(7-12(15)19-13)9-5-4-8(17)6-10(9)16/h4-7H,1-3H3. The molecule has 2 nitrogen and oxygen atoms in total. The summed E-state index contributed by atoms with van der Waals surface area (Å²) in [6.07, 6.45) is 0. The van der Waals surface area contributed by atoms with E-state index in [-0.39, 0.29) is 11.2 Å². The first-order chi connectivity index (χ1) is 8.77. The highest BCUT2D eigenvalue weighted by molar-refractivity contribution is 9.10. The van der Waals surface area contributed by atoms with Crippen molar-refractivity contribution in [3.05, 3.63) is 45.5 Å². The van der Waals surface area contributed by atoms with Gasteiger partial charge in [0.1, 0.15) is 16.2 Å². The molecule has 0 spiro atoms. The predicted molar refractivity (Wildman–Crippen MR) is 78.8 cm³/mol. The van der Waals surface area contributed by atoms with Crippen molar-refractivity contribution in [1.82, 2.24) is 9.97 Å². The van der Waals surface area contributed by atoms with E-state index < -0.39 is 0 Å². The monoisotopic (exact) mass is 342 g/mol. The second-order valence-corrected chi connectivity index (χ2v) is 6.49. The molecule has 0 radical (unpaired) electrons. The Kier molecular flexibility index (Phi) is 3.92. The van der Waals surface area contributed by atoms with E-state index in [0.717, 1.165) is 0 Å². The summed E-state index contributed by atoms with van der Waals surface area (Å²) in [5.41, 5.74) is 1.19. The van der Waals surface area contributed by atoms with Gasteiger partial charge in [-0.2, -0.15) is 0 Å². The van der Waals surface area contributed by atoms with Crippen molar-refractivity contribution < 1.29 is 4.39 Å². The lowest BCUT2D eigenvalue weighted by molar-refractivity contribution is 0.544. The van der Waals surface area contributed by atoms with Gasteiger partial charge in [-0.05, 0) is 40.2 Å². The number of nitrogens with zero attached hydrogens (tertiary/aromatic N) is 2. The molecule has 0 amide bonds. The molecule has 0 aliphatic rings. The van der Waals surface area contributed by atoms with Crippen LogP contribution in [0.25, 0.3) is 11.3 Å². The first kappa shape index (κ1) is 14.4. The molecule has 1 heterocycles. The average molecular weight is 344 g/mol. The Balaban J connectivity index is 2.59. The zero-order chi connectivity index (χ0) is 14.2. The Labute approximate surface area is 125 Å². The van der Waals surface area contributed by atoms with Crippen LogP contribution >= 0.6 is 27.5 Å². The number of rotatable bonds is 1. The lowest BCUT2D eigenvalue weighted by Gasteiger charge is -2.17. The summed E-state index contributed by atoms with van der Waals surface area (Å²) in [6, 6.07) is 6.05. The highest BCUT2D eigenvalue weighted by Crippen LogP contribution is 2.30. The molecule has 0 aliphatic heterocycles. The Bertz CT molecular complexity index is 623. The first-order valence-corrected chi connectivity index (χ1v) is 6.95. The van der Waals surface area contributed by atoms with Gasteiger partial charge < -0.3 is 0 Å². The lowest BCUT2D eigenvalue weighted by Crippen LogP contribution is -2.16. The highest BCUT2D eigenvalue weighted by Gasteiger charge is 2.19. The maximum Gasteiger partial charge on any atom is 0.135 e. The molecule has 0 unspecified atom stereocenters. The molecule has 1 aromatic heterocycles. The number of hydrogen-bond donors (Lipinski definition) is 0. The van der Waals surface area contributed by atoms with Crippen LogP contribution in [0.4, 0.5) is 4.39 Å². The van der Waals surface area contributed by atoms with Crippen LogP contribution in [0.5, 0.6) is 0 Å². The molecule has 2 rings (SSSR count). The molecule has 0 bridgehead atoms. The molecule has 0 atom stereocenters. The van der Waals surface area contributed by atoms with Crippen LogP contribution in [-0.2, 0) is 5.41 Å². The summed E-state index contributed by atoms with van der Waals surface area (Å²) < 4.78 is 13.8. The molecule has 0 saturated heterocycles. The molecule has 0 fully saturated rings. The number of aromatic nitrogens is 2. The van der Waals surface area contributed by atoms with Gasteiger partial charge in [0, 0.05) is 11.0 Å². The van der Waals surface area contributed by atoms with Gasteiger partial charge in [0.25, 0.3) is 0 Å². The van der Waals surface area contributed by atoms with Crippen molar-refractivity contribution in [2.75, 3.05) is 0 Å². The van der Waals surface area contributed by atoms with E-state index in [1.54, 1.807) is 12.1 Å². The largest absolute Gasteiger partial charge is 0.232 e. The van der Waals surface area contributed by atoms with Crippen LogP contribution in [0, 0.1) is 5.82 Å². The van der Waals surface area contributed by atoms with E-state index in [1.165, 1.54) is 12.1 Å². The van der Waals surface area contributed by atoms with Gasteiger partial charge >= 0.3 is 0 Å². The Hall–Kier alpha value is -1.00. The van der Waals surface area contributed by atoms with E-state index in [2.05, 4.69) is 25.9 Å². The summed E-state index contributed by atoms with van der Waals surface area (Å²) in [4.78, 5) is 8.88. The van der Waals surface area contributed by atoms with Crippen molar-refractivity contribution in [3.8, 4) is 11.3 Å². The number of hydrogen-bond acceptors (Lipinski definition) is 2. The van der Waals surface area contributed by atoms with Crippen LogP contribution in [0.1, 0.15) is 26.6 Å². The summed E-state index contributed by atoms with van der Waals surface area (Å²) in [5, 5.41) is 0.338. The van der Waals surface area contributed by atoms with Gasteiger partial charge in [0.05, 0.1) is 10.7 Å². The smallest absolute Gasteiger partial charge is 0.135 e. The van der Waals surface area contributed by atoms with Crippen LogP contribution in [-0.4, -0.2) is 9.97 Å². The number of halogens is 3. The maximum atomic E-state index is 13.1. The third-order valence-electron chi connectivity index (χ3n) is 2.57. The third-order valence-corrected chi connectivity index (χ3v) is 3.29. The van der Waals surface area contributed by atoms with E-state index in [4.69, 9.17) is 11.6 Å². The molecule has 0 aliphatic carbocycles. The minimum atomic E-state index is -0.363. The van der Waals surface area contributed by atoms with Crippen molar-refractivity contribution in [2.24, 2.45) is 0 Å².